The van der Waals surface area contributed by atoms with Gasteiger partial charge in [0, 0.05) is 28.6 Å². The molecule has 0 spiro atoms. The maximum Gasteiger partial charge on any atom is 0.0589 e. The fourth-order valence-electron chi connectivity index (χ4n) is 10.3. The summed E-state index contributed by atoms with van der Waals surface area (Å²) in [7, 11) is 4.26. The van der Waals surface area contributed by atoms with Crippen molar-refractivity contribution in [1.29, 1.82) is 0 Å². The summed E-state index contributed by atoms with van der Waals surface area (Å²) in [5.41, 5.74) is 28.6. The van der Waals surface area contributed by atoms with Crippen molar-refractivity contribution < 1.29 is 0 Å². The fourth-order valence-corrected chi connectivity index (χ4v) is 10.3. The molecule has 5 nitrogen and oxygen atoms in total. The lowest BCUT2D eigenvalue weighted by Crippen LogP contribution is -2.59. The Morgan fingerprint density at radius 3 is 1.76 bits per heavy atom. The number of nitrogens with two attached hydrogens (primary N) is 2. The van der Waals surface area contributed by atoms with Gasteiger partial charge in [-0.15, -0.1) is 0 Å². The standard InChI is InChI=1S/C45H69N5/c1-9-12-25-50-44(6)23-24-45(49-8,41(47)14-11-3)39-29-35-31(18-20-33(35)27-38(39)44)16-15-30-17-19-32-26-37-36(28-34(30)32)42(4,40(46)13-10-2)21-22-43(37,5)48-7/h17-18,26-29,40-41,48-50H,9-16,19-25,46-47H2,1-8H3. The van der Waals surface area contributed by atoms with Crippen LogP contribution in [0.4, 0.5) is 0 Å². The average Bonchev–Trinajstić information content (AvgIpc) is 3.71. The Labute approximate surface area is 304 Å². The number of hydrogen-bond donors (Lipinski definition) is 5. The van der Waals surface area contributed by atoms with E-state index in [2.05, 4.69) is 108 Å². The highest BCUT2D eigenvalue weighted by molar-refractivity contribution is 5.79. The lowest BCUT2D eigenvalue weighted by Gasteiger charge is -2.50. The second-order valence-corrected chi connectivity index (χ2v) is 17.1. The van der Waals surface area contributed by atoms with Gasteiger partial charge < -0.3 is 27.4 Å². The van der Waals surface area contributed by atoms with Crippen molar-refractivity contribution in [3.05, 3.63) is 80.9 Å². The molecule has 274 valence electrons. The molecule has 4 aliphatic rings. The minimum atomic E-state index is -0.209. The van der Waals surface area contributed by atoms with Gasteiger partial charge >= 0.3 is 0 Å². The van der Waals surface area contributed by atoms with E-state index in [-0.39, 0.29) is 34.1 Å². The minimum absolute atomic E-state index is 0.00518. The molecule has 2 aromatic rings. The molecule has 6 atom stereocenters. The van der Waals surface area contributed by atoms with Crippen molar-refractivity contribution in [3.63, 3.8) is 0 Å². The zero-order valence-corrected chi connectivity index (χ0v) is 32.9. The second kappa shape index (κ2) is 14.6. The first-order chi connectivity index (χ1) is 23.9. The van der Waals surface area contributed by atoms with Gasteiger partial charge in [-0.05, 0) is 167 Å². The molecule has 0 heterocycles. The maximum absolute atomic E-state index is 7.11. The molecule has 0 bridgehead atoms. The van der Waals surface area contributed by atoms with Gasteiger partial charge in [-0.2, -0.15) is 0 Å². The predicted molar refractivity (Wildman–Crippen MR) is 214 cm³/mol. The van der Waals surface area contributed by atoms with E-state index < -0.39 is 0 Å². The Kier molecular flexibility index (Phi) is 11.0. The third-order valence-electron chi connectivity index (χ3n) is 14.1. The Morgan fingerprint density at radius 1 is 0.640 bits per heavy atom. The molecule has 2 aromatic carbocycles. The molecule has 6 rings (SSSR count). The smallest absolute Gasteiger partial charge is 0.0589 e. The van der Waals surface area contributed by atoms with Gasteiger partial charge in [0.2, 0.25) is 0 Å². The van der Waals surface area contributed by atoms with E-state index in [0.717, 1.165) is 83.6 Å². The van der Waals surface area contributed by atoms with Crippen molar-refractivity contribution in [1.82, 2.24) is 16.0 Å². The van der Waals surface area contributed by atoms with Gasteiger partial charge in [-0.3, -0.25) is 0 Å². The summed E-state index contributed by atoms with van der Waals surface area (Å²) in [5, 5.41) is 11.5. The number of benzene rings is 2. The van der Waals surface area contributed by atoms with E-state index in [1.54, 1.807) is 0 Å². The average molecular weight is 680 g/mol. The summed E-state index contributed by atoms with van der Waals surface area (Å²) in [6.07, 6.45) is 20.3. The number of fused-ring (bicyclic) bond motifs is 4. The predicted octanol–water partition coefficient (Wildman–Crippen LogP) is 8.60. The highest BCUT2D eigenvalue weighted by atomic mass is 15.0. The summed E-state index contributed by atoms with van der Waals surface area (Å²) < 4.78 is 0. The van der Waals surface area contributed by atoms with E-state index >= 15 is 0 Å². The first kappa shape index (κ1) is 37.5. The molecule has 4 aliphatic carbocycles. The molecule has 0 amide bonds. The quantitative estimate of drug-likeness (QED) is 0.122. The molecule has 7 N–H and O–H groups in total. The van der Waals surface area contributed by atoms with Crippen molar-refractivity contribution in [2.75, 3.05) is 20.6 Å². The number of rotatable bonds is 15. The lowest BCUT2D eigenvalue weighted by molar-refractivity contribution is 0.180. The zero-order chi connectivity index (χ0) is 35.9. The summed E-state index contributed by atoms with van der Waals surface area (Å²) >= 11 is 0. The van der Waals surface area contributed by atoms with Crippen LogP contribution in [0.15, 0.2) is 36.4 Å². The molecule has 0 radical (unpaired) electrons. The second-order valence-electron chi connectivity index (χ2n) is 17.1. The highest BCUT2D eigenvalue weighted by Gasteiger charge is 2.48. The maximum atomic E-state index is 7.11. The number of allylic oxidation sites excluding steroid dienone is 4. The molecule has 0 aliphatic heterocycles. The third kappa shape index (κ3) is 6.27. The minimum Gasteiger partial charge on any atom is -0.327 e. The van der Waals surface area contributed by atoms with E-state index in [1.165, 1.54) is 68.5 Å². The topological polar surface area (TPSA) is 88.1 Å². The molecule has 5 heteroatoms. The summed E-state index contributed by atoms with van der Waals surface area (Å²) in [6, 6.07) is 10.5. The molecule has 0 saturated carbocycles. The van der Waals surface area contributed by atoms with Gasteiger partial charge in [0.1, 0.15) is 0 Å². The normalized spacial score (nSPS) is 29.5. The number of unbranched alkanes of at least 4 members (excludes halogenated alkanes) is 1. The van der Waals surface area contributed by atoms with Crippen LogP contribution >= 0.6 is 0 Å². The van der Waals surface area contributed by atoms with E-state index in [1.807, 2.05) is 0 Å². The van der Waals surface area contributed by atoms with Gasteiger partial charge in [-0.25, -0.2) is 0 Å². The van der Waals surface area contributed by atoms with Crippen LogP contribution in [-0.4, -0.2) is 32.7 Å². The van der Waals surface area contributed by atoms with Crippen LogP contribution in [0.2, 0.25) is 0 Å². The van der Waals surface area contributed by atoms with Crippen LogP contribution in [0.3, 0.4) is 0 Å². The molecule has 0 fully saturated rings. The van der Waals surface area contributed by atoms with Crippen LogP contribution in [0.1, 0.15) is 163 Å². The first-order valence-electron chi connectivity index (χ1n) is 20.3. The molecule has 0 aromatic heterocycles. The van der Waals surface area contributed by atoms with Gasteiger partial charge in [0.15, 0.2) is 0 Å². The van der Waals surface area contributed by atoms with Crippen molar-refractivity contribution in [3.8, 4) is 0 Å². The van der Waals surface area contributed by atoms with E-state index in [4.69, 9.17) is 11.5 Å². The first-order valence-corrected chi connectivity index (χ1v) is 20.3. The zero-order valence-electron chi connectivity index (χ0n) is 32.9. The van der Waals surface area contributed by atoms with E-state index in [9.17, 15) is 0 Å². The van der Waals surface area contributed by atoms with Crippen molar-refractivity contribution in [2.45, 2.75) is 166 Å². The lowest BCUT2D eigenvalue weighted by atomic mass is 9.61. The molecule has 50 heavy (non-hydrogen) atoms. The largest absolute Gasteiger partial charge is 0.327 e. The van der Waals surface area contributed by atoms with E-state index in [0.29, 0.717) is 0 Å². The van der Waals surface area contributed by atoms with Gasteiger partial charge in [0.05, 0.1) is 5.54 Å². The Bertz CT molecular complexity index is 1620. The SMILES string of the molecule is CCCCNC1(C)CCC(NC)(C(N)CCC)c2cc3c(cc21)CC=C3CCC1=CCc2cc3c(cc21)C(C)(C(N)CCC)CCC3(C)NC. The van der Waals surface area contributed by atoms with Crippen molar-refractivity contribution in [2.24, 2.45) is 11.5 Å². The van der Waals surface area contributed by atoms with Crippen LogP contribution in [-0.2, 0) is 34.9 Å². The van der Waals surface area contributed by atoms with Crippen LogP contribution in [0.25, 0.3) is 11.1 Å². The van der Waals surface area contributed by atoms with Crippen molar-refractivity contribution >= 4 is 11.1 Å². The summed E-state index contributed by atoms with van der Waals surface area (Å²) in [4.78, 5) is 0. The Morgan fingerprint density at radius 2 is 1.20 bits per heavy atom. The van der Waals surface area contributed by atoms with Gasteiger partial charge in [0.25, 0.3) is 0 Å². The fraction of sp³-hybridized carbons (Fsp3) is 0.644. The third-order valence-corrected chi connectivity index (χ3v) is 14.1. The summed E-state index contributed by atoms with van der Waals surface area (Å²) in [5.74, 6) is 0. The highest BCUT2D eigenvalue weighted by Crippen LogP contribution is 2.51. The Balaban J connectivity index is 1.31. The monoisotopic (exact) mass is 680 g/mol. The number of likely N-dealkylation sites (N-methyl/N-ethyl adjacent to an activating group) is 1. The molecule has 0 saturated heterocycles. The summed E-state index contributed by atoms with van der Waals surface area (Å²) in [6.45, 7) is 15.1. The molecular formula is C45H69N5. The number of nitrogens with one attached hydrogen (secondary N) is 3. The van der Waals surface area contributed by atoms with Crippen LogP contribution < -0.4 is 27.4 Å². The Hall–Kier alpha value is -2.28. The molecular weight excluding hydrogens is 611 g/mol. The van der Waals surface area contributed by atoms with Crippen LogP contribution in [0.5, 0.6) is 0 Å². The number of hydrogen-bond acceptors (Lipinski definition) is 5. The van der Waals surface area contributed by atoms with Crippen LogP contribution in [0, 0.1) is 0 Å². The van der Waals surface area contributed by atoms with Gasteiger partial charge in [-0.1, -0.05) is 77.3 Å². The molecule has 6 unspecified atom stereocenters.